The number of thiophene rings is 1. The van der Waals surface area contributed by atoms with Gasteiger partial charge >= 0.3 is 0 Å². The third kappa shape index (κ3) is 3.01. The minimum absolute atomic E-state index is 0.101. The molecule has 1 atom stereocenters. The average molecular weight is 348 g/mol. The monoisotopic (exact) mass is 348 g/mol. The fourth-order valence-corrected chi connectivity index (χ4v) is 4.05. The number of anilines is 1. The molecule has 0 spiro atoms. The number of nitrogens with one attached hydrogen (secondary N) is 2. The van der Waals surface area contributed by atoms with Gasteiger partial charge in [0, 0.05) is 32.7 Å². The van der Waals surface area contributed by atoms with Gasteiger partial charge in [-0.3, -0.25) is 0 Å². The summed E-state index contributed by atoms with van der Waals surface area (Å²) in [4.78, 5) is 4.81. The van der Waals surface area contributed by atoms with Crippen molar-refractivity contribution in [1.82, 2.24) is 4.98 Å². The maximum absolute atomic E-state index is 5.26. The zero-order valence-electron chi connectivity index (χ0n) is 14.2. The maximum Gasteiger partial charge on any atom is 0.119 e. The number of aromatic amines is 1. The number of fused-ring (bicyclic) bond motifs is 1. The van der Waals surface area contributed by atoms with Gasteiger partial charge in [0.1, 0.15) is 5.75 Å². The van der Waals surface area contributed by atoms with Crippen LogP contribution in [0.1, 0.15) is 22.2 Å². The first-order valence-electron chi connectivity index (χ1n) is 8.27. The molecule has 0 amide bonds. The summed E-state index contributed by atoms with van der Waals surface area (Å²) in [5.74, 6) is 0.862. The normalized spacial score (nSPS) is 12.2. The smallest absolute Gasteiger partial charge is 0.119 e. The molecule has 1 unspecified atom stereocenters. The van der Waals surface area contributed by atoms with Crippen LogP contribution in [0.2, 0.25) is 0 Å². The van der Waals surface area contributed by atoms with E-state index in [1.807, 2.05) is 12.1 Å². The van der Waals surface area contributed by atoms with Crippen LogP contribution in [-0.2, 0) is 0 Å². The van der Waals surface area contributed by atoms with Crippen molar-refractivity contribution in [1.29, 1.82) is 0 Å². The van der Waals surface area contributed by atoms with Gasteiger partial charge in [0.2, 0.25) is 0 Å². The zero-order valence-corrected chi connectivity index (χ0v) is 15.1. The van der Waals surface area contributed by atoms with Crippen molar-refractivity contribution in [3.05, 3.63) is 82.2 Å². The van der Waals surface area contributed by atoms with Crippen LogP contribution in [0.25, 0.3) is 10.9 Å². The summed E-state index contributed by atoms with van der Waals surface area (Å²) in [5.41, 5.74) is 4.74. The van der Waals surface area contributed by atoms with Gasteiger partial charge in [-0.05, 0) is 48.7 Å². The fourth-order valence-electron chi connectivity index (χ4n) is 3.27. The minimum atomic E-state index is 0.101. The van der Waals surface area contributed by atoms with Gasteiger partial charge < -0.3 is 15.0 Å². The van der Waals surface area contributed by atoms with Gasteiger partial charge in [0.15, 0.2) is 0 Å². The molecule has 0 saturated carbocycles. The van der Waals surface area contributed by atoms with E-state index < -0.39 is 0 Å². The number of hydrogen-bond acceptors (Lipinski definition) is 3. The van der Waals surface area contributed by atoms with E-state index in [1.165, 1.54) is 27.0 Å². The summed E-state index contributed by atoms with van der Waals surface area (Å²) in [7, 11) is 1.69. The van der Waals surface area contributed by atoms with Gasteiger partial charge in [-0.2, -0.15) is 0 Å². The van der Waals surface area contributed by atoms with E-state index in [0.29, 0.717) is 0 Å². The molecule has 25 heavy (non-hydrogen) atoms. The minimum Gasteiger partial charge on any atom is -0.497 e. The van der Waals surface area contributed by atoms with Crippen LogP contribution in [0.15, 0.2) is 66.0 Å². The predicted octanol–water partition coefficient (Wildman–Crippen LogP) is 5.75. The molecule has 4 rings (SSSR count). The van der Waals surface area contributed by atoms with Crippen LogP contribution in [0, 0.1) is 6.92 Å². The van der Waals surface area contributed by atoms with Crippen LogP contribution < -0.4 is 10.1 Å². The Bertz CT molecular complexity index is 971. The molecule has 4 aromatic rings. The van der Waals surface area contributed by atoms with Crippen molar-refractivity contribution in [3.63, 3.8) is 0 Å². The molecule has 0 aliphatic heterocycles. The number of benzene rings is 2. The van der Waals surface area contributed by atoms with Crippen molar-refractivity contribution in [3.8, 4) is 5.75 Å². The van der Waals surface area contributed by atoms with Crippen LogP contribution in [-0.4, -0.2) is 12.1 Å². The van der Waals surface area contributed by atoms with Crippen molar-refractivity contribution < 1.29 is 4.74 Å². The van der Waals surface area contributed by atoms with Crippen LogP contribution >= 0.6 is 11.3 Å². The Morgan fingerprint density at radius 1 is 1.00 bits per heavy atom. The number of hydrogen-bond donors (Lipinski definition) is 2. The molecular weight excluding hydrogens is 328 g/mol. The lowest BCUT2D eigenvalue weighted by Crippen LogP contribution is -2.11. The Labute approximate surface area is 151 Å². The quantitative estimate of drug-likeness (QED) is 0.482. The summed E-state index contributed by atoms with van der Waals surface area (Å²) >= 11 is 1.77. The summed E-state index contributed by atoms with van der Waals surface area (Å²) in [6.07, 6.45) is 0. The summed E-state index contributed by atoms with van der Waals surface area (Å²) in [5, 5.41) is 7.09. The second-order valence-corrected chi connectivity index (χ2v) is 7.01. The molecule has 2 N–H and O–H groups in total. The fraction of sp³-hybridized carbons (Fsp3) is 0.143. The molecule has 2 aromatic heterocycles. The van der Waals surface area contributed by atoms with Gasteiger partial charge in [-0.25, -0.2) is 0 Å². The Balaban J connectivity index is 1.79. The number of H-pyrrole nitrogens is 1. The molecule has 0 radical (unpaired) electrons. The molecule has 0 bridgehead atoms. The number of para-hydroxylation sites is 1. The topological polar surface area (TPSA) is 37.0 Å². The van der Waals surface area contributed by atoms with Crippen molar-refractivity contribution in [2.45, 2.75) is 13.0 Å². The van der Waals surface area contributed by atoms with E-state index in [2.05, 4.69) is 71.1 Å². The SMILES string of the molecule is COc1ccc(NC(c2cccs2)c2c(C)[nH]c3ccccc23)cc1. The molecule has 2 aromatic carbocycles. The third-order valence-corrected chi connectivity index (χ3v) is 5.40. The second kappa shape index (κ2) is 6.65. The van der Waals surface area contributed by atoms with E-state index in [4.69, 9.17) is 4.74 Å². The van der Waals surface area contributed by atoms with Crippen LogP contribution in [0.3, 0.4) is 0 Å². The van der Waals surface area contributed by atoms with Crippen molar-refractivity contribution in [2.75, 3.05) is 12.4 Å². The lowest BCUT2D eigenvalue weighted by molar-refractivity contribution is 0.415. The van der Waals surface area contributed by atoms with Crippen molar-refractivity contribution in [2.24, 2.45) is 0 Å². The molecule has 2 heterocycles. The Morgan fingerprint density at radius 2 is 1.80 bits per heavy atom. The summed E-state index contributed by atoms with van der Waals surface area (Å²) < 4.78 is 5.26. The van der Waals surface area contributed by atoms with Crippen LogP contribution in [0.4, 0.5) is 5.69 Å². The highest BCUT2D eigenvalue weighted by molar-refractivity contribution is 7.10. The molecule has 0 aliphatic carbocycles. The van der Waals surface area contributed by atoms with Gasteiger partial charge in [0.25, 0.3) is 0 Å². The van der Waals surface area contributed by atoms with Gasteiger partial charge in [-0.1, -0.05) is 24.3 Å². The Hall–Kier alpha value is -2.72. The highest BCUT2D eigenvalue weighted by atomic mass is 32.1. The van der Waals surface area contributed by atoms with Gasteiger partial charge in [-0.15, -0.1) is 11.3 Å². The van der Waals surface area contributed by atoms with E-state index >= 15 is 0 Å². The number of rotatable bonds is 5. The average Bonchev–Trinajstić information content (AvgIpc) is 3.28. The van der Waals surface area contributed by atoms with Gasteiger partial charge in [0.05, 0.1) is 13.2 Å². The standard InChI is InChI=1S/C21H20N2OS/c1-14-20(17-6-3-4-7-18(17)22-14)21(19-8-5-13-25-19)23-15-9-11-16(24-2)12-10-15/h3-13,21-23H,1-2H3. The predicted molar refractivity (Wildman–Crippen MR) is 106 cm³/mol. The molecule has 0 aliphatic rings. The Morgan fingerprint density at radius 3 is 2.52 bits per heavy atom. The number of aromatic nitrogens is 1. The largest absolute Gasteiger partial charge is 0.497 e. The molecule has 3 nitrogen and oxygen atoms in total. The molecular formula is C21H20N2OS. The first kappa shape index (κ1) is 15.8. The highest BCUT2D eigenvalue weighted by Crippen LogP contribution is 2.36. The van der Waals surface area contributed by atoms with Crippen molar-refractivity contribution >= 4 is 27.9 Å². The molecule has 126 valence electrons. The second-order valence-electron chi connectivity index (χ2n) is 6.03. The van der Waals surface area contributed by atoms with E-state index in [1.54, 1.807) is 18.4 Å². The zero-order chi connectivity index (χ0) is 17.2. The number of aryl methyl sites for hydroxylation is 1. The number of ether oxygens (including phenoxy) is 1. The number of methoxy groups -OCH3 is 1. The van der Waals surface area contributed by atoms with E-state index in [9.17, 15) is 0 Å². The third-order valence-electron chi connectivity index (χ3n) is 4.46. The lowest BCUT2D eigenvalue weighted by atomic mass is 10.0. The lowest BCUT2D eigenvalue weighted by Gasteiger charge is -2.20. The first-order valence-corrected chi connectivity index (χ1v) is 9.15. The van der Waals surface area contributed by atoms with E-state index in [0.717, 1.165) is 11.4 Å². The van der Waals surface area contributed by atoms with Crippen LogP contribution in [0.5, 0.6) is 5.75 Å². The summed E-state index contributed by atoms with van der Waals surface area (Å²) in [6, 6.07) is 21.0. The maximum atomic E-state index is 5.26. The summed E-state index contributed by atoms with van der Waals surface area (Å²) in [6.45, 7) is 2.14. The molecule has 0 saturated heterocycles. The molecule has 4 heteroatoms. The first-order chi connectivity index (χ1) is 12.3. The van der Waals surface area contributed by atoms with E-state index in [-0.39, 0.29) is 6.04 Å². The Kier molecular flexibility index (Phi) is 4.20. The molecule has 0 fully saturated rings. The highest BCUT2D eigenvalue weighted by Gasteiger charge is 2.21.